The zero-order valence-electron chi connectivity index (χ0n) is 7.58. The highest BCUT2D eigenvalue weighted by Crippen LogP contribution is 2.07. The molecule has 0 aliphatic rings. The molecule has 0 rings (SSSR count). The fourth-order valence-electron chi connectivity index (χ4n) is 1.02. The Hall–Kier alpha value is -0.0800. The number of hydrogen-bond donors (Lipinski definition) is 2. The van der Waals surface area contributed by atoms with Crippen LogP contribution in [0.2, 0.25) is 0 Å². The maximum atomic E-state index is 9.16. The smallest absolute Gasteiger partial charge is 0.0537 e. The first kappa shape index (κ1) is 10.9. The molecule has 0 saturated carbocycles. The topological polar surface area (TPSA) is 40.5 Å². The van der Waals surface area contributed by atoms with E-state index >= 15 is 0 Å². The molecule has 0 aromatic rings. The van der Waals surface area contributed by atoms with E-state index in [4.69, 9.17) is 10.2 Å². The first-order valence-corrected chi connectivity index (χ1v) is 4.53. The number of aliphatic hydroxyl groups is 2. The monoisotopic (exact) mass is 160 g/mol. The SMILES string of the molecule is CC[C@H](O)CCCC[C@H](C)O. The molecule has 0 unspecified atom stereocenters. The van der Waals surface area contributed by atoms with Gasteiger partial charge >= 0.3 is 0 Å². The Bertz CT molecular complexity index is 81.6. The molecule has 0 radical (unpaired) electrons. The third kappa shape index (κ3) is 7.82. The van der Waals surface area contributed by atoms with Crippen molar-refractivity contribution in [2.75, 3.05) is 0 Å². The van der Waals surface area contributed by atoms with Crippen LogP contribution in [-0.4, -0.2) is 22.4 Å². The predicted octanol–water partition coefficient (Wildman–Crippen LogP) is 1.70. The number of aliphatic hydroxyl groups excluding tert-OH is 2. The van der Waals surface area contributed by atoms with Gasteiger partial charge in [-0.2, -0.15) is 0 Å². The third-order valence-corrected chi connectivity index (χ3v) is 1.88. The van der Waals surface area contributed by atoms with Gasteiger partial charge in [0.25, 0.3) is 0 Å². The van der Waals surface area contributed by atoms with Gasteiger partial charge in [-0.3, -0.25) is 0 Å². The summed E-state index contributed by atoms with van der Waals surface area (Å²) in [7, 11) is 0. The van der Waals surface area contributed by atoms with Gasteiger partial charge in [0, 0.05) is 0 Å². The van der Waals surface area contributed by atoms with Gasteiger partial charge in [0.05, 0.1) is 12.2 Å². The molecule has 0 bridgehead atoms. The standard InChI is InChI=1S/C9H20O2/c1-3-9(11)7-5-4-6-8(2)10/h8-11H,3-7H2,1-2H3/t8-,9-/m0/s1. The van der Waals surface area contributed by atoms with E-state index in [1.54, 1.807) is 6.92 Å². The molecule has 0 spiro atoms. The van der Waals surface area contributed by atoms with Crippen molar-refractivity contribution in [2.24, 2.45) is 0 Å². The lowest BCUT2D eigenvalue weighted by molar-refractivity contribution is 0.148. The summed E-state index contributed by atoms with van der Waals surface area (Å²) in [6.45, 7) is 3.79. The van der Waals surface area contributed by atoms with Crippen LogP contribution in [0.15, 0.2) is 0 Å². The Morgan fingerprint density at radius 3 is 2.09 bits per heavy atom. The summed E-state index contributed by atoms with van der Waals surface area (Å²) in [5.41, 5.74) is 0. The molecular weight excluding hydrogens is 140 g/mol. The van der Waals surface area contributed by atoms with Gasteiger partial charge in [-0.05, 0) is 26.2 Å². The number of hydrogen-bond acceptors (Lipinski definition) is 2. The van der Waals surface area contributed by atoms with Crippen molar-refractivity contribution in [1.82, 2.24) is 0 Å². The fourth-order valence-corrected chi connectivity index (χ4v) is 1.02. The first-order chi connectivity index (χ1) is 5.16. The summed E-state index contributed by atoms with van der Waals surface area (Å²) in [5, 5.41) is 18.1. The minimum atomic E-state index is -0.186. The lowest BCUT2D eigenvalue weighted by atomic mass is 10.1. The highest BCUT2D eigenvalue weighted by molar-refractivity contribution is 4.54. The summed E-state index contributed by atoms with van der Waals surface area (Å²) in [6.07, 6.45) is 4.31. The average molecular weight is 160 g/mol. The molecule has 0 amide bonds. The maximum absolute atomic E-state index is 9.16. The first-order valence-electron chi connectivity index (χ1n) is 4.53. The Morgan fingerprint density at radius 2 is 1.64 bits per heavy atom. The third-order valence-electron chi connectivity index (χ3n) is 1.88. The van der Waals surface area contributed by atoms with E-state index in [0.717, 1.165) is 32.1 Å². The van der Waals surface area contributed by atoms with E-state index in [2.05, 4.69) is 0 Å². The molecule has 0 aromatic carbocycles. The zero-order valence-corrected chi connectivity index (χ0v) is 7.58. The molecule has 0 aromatic heterocycles. The predicted molar refractivity (Wildman–Crippen MR) is 46.4 cm³/mol. The molecule has 2 atom stereocenters. The van der Waals surface area contributed by atoms with Crippen molar-refractivity contribution >= 4 is 0 Å². The average Bonchev–Trinajstić information content (AvgIpc) is 1.97. The summed E-state index contributed by atoms with van der Waals surface area (Å²) < 4.78 is 0. The van der Waals surface area contributed by atoms with Crippen LogP contribution >= 0.6 is 0 Å². The van der Waals surface area contributed by atoms with Crippen molar-refractivity contribution in [3.05, 3.63) is 0 Å². The molecular formula is C9H20O2. The Labute approximate surface area is 69.2 Å². The van der Waals surface area contributed by atoms with Gasteiger partial charge in [-0.15, -0.1) is 0 Å². The normalized spacial score (nSPS) is 16.4. The molecule has 2 heteroatoms. The van der Waals surface area contributed by atoms with Gasteiger partial charge in [0.15, 0.2) is 0 Å². The van der Waals surface area contributed by atoms with Crippen LogP contribution in [0.25, 0.3) is 0 Å². The molecule has 11 heavy (non-hydrogen) atoms. The fraction of sp³-hybridized carbons (Fsp3) is 1.00. The summed E-state index contributed by atoms with van der Waals surface area (Å²) in [5.74, 6) is 0. The van der Waals surface area contributed by atoms with Crippen LogP contribution in [0.5, 0.6) is 0 Å². The largest absolute Gasteiger partial charge is 0.393 e. The van der Waals surface area contributed by atoms with E-state index in [1.807, 2.05) is 6.92 Å². The molecule has 0 heterocycles. The van der Waals surface area contributed by atoms with E-state index < -0.39 is 0 Å². The molecule has 0 aliphatic heterocycles. The van der Waals surface area contributed by atoms with Crippen LogP contribution < -0.4 is 0 Å². The van der Waals surface area contributed by atoms with Gasteiger partial charge in [-0.1, -0.05) is 19.8 Å². The van der Waals surface area contributed by atoms with Crippen LogP contribution in [0, 0.1) is 0 Å². The van der Waals surface area contributed by atoms with Crippen molar-refractivity contribution < 1.29 is 10.2 Å². The zero-order chi connectivity index (χ0) is 8.69. The minimum absolute atomic E-state index is 0.135. The molecule has 0 fully saturated rings. The minimum Gasteiger partial charge on any atom is -0.393 e. The van der Waals surface area contributed by atoms with Gasteiger partial charge in [-0.25, -0.2) is 0 Å². The summed E-state index contributed by atoms with van der Waals surface area (Å²) in [4.78, 5) is 0. The molecule has 68 valence electrons. The maximum Gasteiger partial charge on any atom is 0.0537 e. The van der Waals surface area contributed by atoms with Crippen molar-refractivity contribution in [1.29, 1.82) is 0 Å². The summed E-state index contributed by atoms with van der Waals surface area (Å²) >= 11 is 0. The van der Waals surface area contributed by atoms with E-state index in [1.165, 1.54) is 0 Å². The highest BCUT2D eigenvalue weighted by atomic mass is 16.3. The van der Waals surface area contributed by atoms with Gasteiger partial charge < -0.3 is 10.2 Å². The van der Waals surface area contributed by atoms with Crippen molar-refractivity contribution in [2.45, 2.75) is 58.2 Å². The number of unbranched alkanes of at least 4 members (excludes halogenated alkanes) is 1. The van der Waals surface area contributed by atoms with Gasteiger partial charge in [0.2, 0.25) is 0 Å². The number of rotatable bonds is 6. The second-order valence-electron chi connectivity index (χ2n) is 3.20. The van der Waals surface area contributed by atoms with E-state index in [-0.39, 0.29) is 12.2 Å². The van der Waals surface area contributed by atoms with Crippen LogP contribution in [-0.2, 0) is 0 Å². The van der Waals surface area contributed by atoms with Crippen LogP contribution in [0.1, 0.15) is 46.0 Å². The lowest BCUT2D eigenvalue weighted by Gasteiger charge is -2.07. The van der Waals surface area contributed by atoms with Crippen LogP contribution in [0.4, 0.5) is 0 Å². The molecule has 0 aliphatic carbocycles. The second kappa shape index (κ2) is 6.62. The van der Waals surface area contributed by atoms with Crippen LogP contribution in [0.3, 0.4) is 0 Å². The molecule has 2 nitrogen and oxygen atoms in total. The van der Waals surface area contributed by atoms with Crippen molar-refractivity contribution in [3.63, 3.8) is 0 Å². The quantitative estimate of drug-likeness (QED) is 0.581. The Kier molecular flexibility index (Phi) is 6.57. The lowest BCUT2D eigenvalue weighted by Crippen LogP contribution is -2.05. The highest BCUT2D eigenvalue weighted by Gasteiger charge is 2.00. The second-order valence-corrected chi connectivity index (χ2v) is 3.20. The Balaban J connectivity index is 3.01. The van der Waals surface area contributed by atoms with E-state index in [0.29, 0.717) is 0 Å². The van der Waals surface area contributed by atoms with E-state index in [9.17, 15) is 0 Å². The Morgan fingerprint density at radius 1 is 1.09 bits per heavy atom. The van der Waals surface area contributed by atoms with Gasteiger partial charge in [0.1, 0.15) is 0 Å². The molecule has 0 saturated heterocycles. The molecule has 2 N–H and O–H groups in total. The summed E-state index contributed by atoms with van der Waals surface area (Å²) in [6, 6.07) is 0. The van der Waals surface area contributed by atoms with Crippen molar-refractivity contribution in [3.8, 4) is 0 Å².